The van der Waals surface area contributed by atoms with Crippen LogP contribution >= 0.6 is 23.3 Å². The third kappa shape index (κ3) is 5.38. The molecule has 0 aliphatic rings. The summed E-state index contributed by atoms with van der Waals surface area (Å²) in [4.78, 5) is 0.502. The lowest BCUT2D eigenvalue weighted by molar-refractivity contribution is 0.596. The summed E-state index contributed by atoms with van der Waals surface area (Å²) >= 11 is 6.44. The zero-order valence-electron chi connectivity index (χ0n) is 24.3. The zero-order valence-corrected chi connectivity index (χ0v) is 26.9. The topological polar surface area (TPSA) is 80.9 Å². The fourth-order valence-electron chi connectivity index (χ4n) is 5.58. The highest BCUT2D eigenvalue weighted by molar-refractivity contribution is 8.59. The van der Waals surface area contributed by atoms with Crippen LogP contribution in [0.2, 0.25) is 0 Å². The number of nitrogens with zero attached hydrogens (tertiary/aromatic N) is 3. The maximum absolute atomic E-state index is 13.2. The minimum absolute atomic E-state index is 0.236. The summed E-state index contributed by atoms with van der Waals surface area (Å²) < 4.78 is 37.2. The van der Waals surface area contributed by atoms with Crippen LogP contribution in [0.5, 0.6) is 0 Å². The van der Waals surface area contributed by atoms with Gasteiger partial charge in [-0.25, -0.2) is 8.42 Å². The van der Waals surface area contributed by atoms with Crippen LogP contribution in [0, 0.1) is 11.3 Å². The molecule has 7 aromatic rings. The monoisotopic (exact) mass is 647 g/mol. The van der Waals surface area contributed by atoms with Crippen LogP contribution in [0.1, 0.15) is 18.2 Å². The van der Waals surface area contributed by atoms with Crippen LogP contribution in [0.3, 0.4) is 0 Å². The molecule has 0 radical (unpaired) electrons. The molecule has 0 fully saturated rings. The molecule has 3 aromatic heterocycles. The van der Waals surface area contributed by atoms with E-state index in [4.69, 9.17) is 9.68 Å². The van der Waals surface area contributed by atoms with Gasteiger partial charge in [0.25, 0.3) is 0 Å². The predicted molar refractivity (Wildman–Crippen MR) is 191 cm³/mol. The molecule has 0 atom stereocenters. The van der Waals surface area contributed by atoms with Crippen LogP contribution in [-0.2, 0) is 9.84 Å². The Kier molecular flexibility index (Phi) is 9.40. The van der Waals surface area contributed by atoms with E-state index in [1.165, 1.54) is 6.92 Å². The van der Waals surface area contributed by atoms with Crippen LogP contribution in [0.4, 0.5) is 0 Å². The summed E-state index contributed by atoms with van der Waals surface area (Å²) in [6.07, 6.45) is 3.68. The Labute approximate surface area is 272 Å². The van der Waals surface area contributed by atoms with Gasteiger partial charge in [-0.05, 0) is 60.7 Å². The number of furan rings is 1. The molecule has 0 aliphatic carbocycles. The number of benzene rings is 4. The molecule has 0 N–H and O–H groups in total. The van der Waals surface area contributed by atoms with Crippen LogP contribution in [-0.4, -0.2) is 17.6 Å². The van der Waals surface area contributed by atoms with E-state index in [0.717, 1.165) is 44.3 Å². The van der Waals surface area contributed by atoms with Crippen molar-refractivity contribution in [3.63, 3.8) is 0 Å². The number of hydrogen-bond donors (Lipinski definition) is 2. The van der Waals surface area contributed by atoms with E-state index in [0.29, 0.717) is 11.4 Å². The largest absolute Gasteiger partial charge is 0.422 e. The van der Waals surface area contributed by atoms with E-state index < -0.39 is 9.84 Å². The number of para-hydroxylation sites is 2. The van der Waals surface area contributed by atoms with Crippen LogP contribution in [0.15, 0.2) is 137 Å². The molecule has 224 valence electrons. The third-order valence-electron chi connectivity index (χ3n) is 7.35. The SMILES string of the molecule is C=Cc1c(C=C)n(-c2ccccc2)c2oc3c(c4ccccc4n3-c3ccc(S(=O)(=O)c4ccccc4)cc3)c12.CC#N.SS. The summed E-state index contributed by atoms with van der Waals surface area (Å²) in [6, 6.07) is 35.3. The van der Waals surface area contributed by atoms with Crippen LogP contribution in [0.25, 0.3) is 56.6 Å². The van der Waals surface area contributed by atoms with Crippen molar-refractivity contribution in [3.8, 4) is 17.4 Å². The number of thiol groups is 2. The van der Waals surface area contributed by atoms with Gasteiger partial charge in [-0.15, -0.1) is 23.3 Å². The molecule has 0 saturated heterocycles. The van der Waals surface area contributed by atoms with Crippen molar-refractivity contribution in [2.75, 3.05) is 0 Å². The van der Waals surface area contributed by atoms with Crippen molar-refractivity contribution < 1.29 is 12.8 Å². The molecular formula is C36H29N3O3S3. The minimum Gasteiger partial charge on any atom is -0.422 e. The fraction of sp³-hybridized carbons (Fsp3) is 0.0278. The maximum atomic E-state index is 13.2. The molecule has 7 rings (SSSR count). The molecule has 6 nitrogen and oxygen atoms in total. The number of nitriles is 1. The molecule has 45 heavy (non-hydrogen) atoms. The Bertz CT molecular complexity index is 2290. The van der Waals surface area contributed by atoms with E-state index in [1.54, 1.807) is 48.5 Å². The summed E-state index contributed by atoms with van der Waals surface area (Å²) in [5.41, 5.74) is 5.93. The number of hydrogen-bond acceptors (Lipinski definition) is 6. The number of fused-ring (bicyclic) bond motifs is 5. The van der Waals surface area contributed by atoms with Crippen molar-refractivity contribution in [1.82, 2.24) is 9.13 Å². The Morgan fingerprint density at radius 3 is 1.82 bits per heavy atom. The highest BCUT2D eigenvalue weighted by Crippen LogP contribution is 2.44. The van der Waals surface area contributed by atoms with Gasteiger partial charge in [0, 0.05) is 29.2 Å². The molecule has 3 heterocycles. The molecule has 0 aliphatic heterocycles. The van der Waals surface area contributed by atoms with Gasteiger partial charge < -0.3 is 4.42 Å². The first-order chi connectivity index (χ1) is 22.0. The van der Waals surface area contributed by atoms with Gasteiger partial charge in [0.15, 0.2) is 0 Å². The van der Waals surface area contributed by atoms with Gasteiger partial charge in [-0.2, -0.15) is 5.26 Å². The average Bonchev–Trinajstić information content (AvgIpc) is 3.72. The standard InChI is InChI=1S/C34H24N2O3S.C2H3N.H2S2/c1-3-27-29(4-2)35(23-13-7-5-8-14-23)33-31(27)32-28-17-11-12-18-30(28)36(34(32)39-33)24-19-21-26(22-20-24)40(37,38)25-15-9-6-10-16-25;1-2-3;1-2/h3-22H,1-2H2;1H3;1-2H. The van der Waals surface area contributed by atoms with E-state index in [-0.39, 0.29) is 9.79 Å². The predicted octanol–water partition coefficient (Wildman–Crippen LogP) is 9.73. The van der Waals surface area contributed by atoms with Crippen molar-refractivity contribution in [2.45, 2.75) is 16.7 Å². The average molecular weight is 648 g/mol. The van der Waals surface area contributed by atoms with Crippen molar-refractivity contribution >= 4 is 78.4 Å². The highest BCUT2D eigenvalue weighted by atomic mass is 33.1. The summed E-state index contributed by atoms with van der Waals surface area (Å²) in [6.45, 7) is 9.63. The quantitative estimate of drug-likeness (QED) is 0.139. The fourth-order valence-corrected chi connectivity index (χ4v) is 6.86. The van der Waals surface area contributed by atoms with Gasteiger partial charge in [-0.3, -0.25) is 9.13 Å². The molecular weight excluding hydrogens is 619 g/mol. The Hall–Kier alpha value is -4.88. The van der Waals surface area contributed by atoms with Crippen LogP contribution < -0.4 is 0 Å². The minimum atomic E-state index is -3.63. The second-order valence-corrected chi connectivity index (χ2v) is 11.7. The van der Waals surface area contributed by atoms with E-state index in [2.05, 4.69) is 47.1 Å². The van der Waals surface area contributed by atoms with Gasteiger partial charge in [0.05, 0.1) is 37.8 Å². The number of rotatable bonds is 6. The Balaban J connectivity index is 0.000000757. The van der Waals surface area contributed by atoms with Gasteiger partial charge in [0.2, 0.25) is 21.3 Å². The lowest BCUT2D eigenvalue weighted by atomic mass is 10.1. The second kappa shape index (κ2) is 13.4. The number of sulfone groups is 1. The third-order valence-corrected chi connectivity index (χ3v) is 9.13. The Morgan fingerprint density at radius 2 is 1.22 bits per heavy atom. The van der Waals surface area contributed by atoms with E-state index in [1.807, 2.05) is 77.4 Å². The van der Waals surface area contributed by atoms with Gasteiger partial charge >= 0.3 is 0 Å². The molecule has 0 unspecified atom stereocenters. The summed E-state index contributed by atoms with van der Waals surface area (Å²) in [5, 5.41) is 10.3. The first kappa shape index (κ1) is 31.5. The molecule has 0 amide bonds. The smallest absolute Gasteiger partial charge is 0.215 e. The Morgan fingerprint density at radius 1 is 0.711 bits per heavy atom. The lowest BCUT2D eigenvalue weighted by Gasteiger charge is -2.09. The molecule has 0 saturated carbocycles. The molecule has 0 spiro atoms. The second-order valence-electron chi connectivity index (χ2n) is 9.73. The highest BCUT2D eigenvalue weighted by Gasteiger charge is 2.27. The first-order valence-electron chi connectivity index (χ1n) is 13.8. The van der Waals surface area contributed by atoms with E-state index in [9.17, 15) is 8.42 Å². The molecule has 0 bridgehead atoms. The first-order valence-corrected chi connectivity index (χ1v) is 16.9. The normalized spacial score (nSPS) is 10.9. The maximum Gasteiger partial charge on any atom is 0.215 e. The van der Waals surface area contributed by atoms with Crippen molar-refractivity contribution in [1.29, 1.82) is 5.26 Å². The van der Waals surface area contributed by atoms with E-state index >= 15 is 0 Å². The zero-order chi connectivity index (χ0) is 32.1. The van der Waals surface area contributed by atoms with Crippen molar-refractivity contribution in [3.05, 3.63) is 134 Å². The van der Waals surface area contributed by atoms with Gasteiger partial charge in [-0.1, -0.05) is 73.8 Å². The van der Waals surface area contributed by atoms with Crippen molar-refractivity contribution in [2.24, 2.45) is 0 Å². The summed E-state index contributed by atoms with van der Waals surface area (Å²) in [5.74, 6) is 0. The summed E-state index contributed by atoms with van der Waals surface area (Å²) in [7, 11) is -3.63. The van der Waals surface area contributed by atoms with Gasteiger partial charge in [0.1, 0.15) is 0 Å². The molecule has 9 heteroatoms. The lowest BCUT2D eigenvalue weighted by Crippen LogP contribution is -2.02. The number of aromatic nitrogens is 2. The molecule has 4 aromatic carbocycles.